The van der Waals surface area contributed by atoms with E-state index in [0.717, 1.165) is 20.2 Å². The predicted molar refractivity (Wildman–Crippen MR) is 93.5 cm³/mol. The highest BCUT2D eigenvalue weighted by Gasteiger charge is 2.08. The third kappa shape index (κ3) is 4.47. The first-order valence-electron chi connectivity index (χ1n) is 6.33. The summed E-state index contributed by atoms with van der Waals surface area (Å²) in [6, 6.07) is 13.1. The van der Waals surface area contributed by atoms with Crippen molar-refractivity contribution in [1.82, 2.24) is 0 Å². The second-order valence-corrected chi connectivity index (χ2v) is 6.37. The Kier molecular flexibility index (Phi) is 5.25. The molecule has 0 saturated carbocycles. The number of hydrogen-bond donors (Lipinski definition) is 3. The van der Waals surface area contributed by atoms with Crippen LogP contribution in [0.3, 0.4) is 0 Å². The maximum Gasteiger partial charge on any atom is 0.316 e. The molecule has 0 spiro atoms. The summed E-state index contributed by atoms with van der Waals surface area (Å²) in [6.45, 7) is 2.07. The highest BCUT2D eigenvalue weighted by atomic mass is 79.9. The van der Waals surface area contributed by atoms with Gasteiger partial charge in [-0.15, -0.1) is 0 Å². The lowest BCUT2D eigenvalue weighted by Gasteiger charge is -2.17. The molecule has 1 atom stereocenters. The zero-order chi connectivity index (χ0) is 15.4. The molecule has 0 fully saturated rings. The molecular formula is C15H15Br2N3O. The Labute approximate surface area is 140 Å². The number of primary amides is 1. The molecule has 0 heterocycles. The molecule has 6 heteroatoms. The van der Waals surface area contributed by atoms with Gasteiger partial charge in [0.1, 0.15) is 0 Å². The lowest BCUT2D eigenvalue weighted by Crippen LogP contribution is -2.19. The summed E-state index contributed by atoms with van der Waals surface area (Å²) in [6.07, 6.45) is 0. The van der Waals surface area contributed by atoms with Gasteiger partial charge in [0.2, 0.25) is 0 Å². The van der Waals surface area contributed by atoms with Crippen molar-refractivity contribution in [3.63, 3.8) is 0 Å². The van der Waals surface area contributed by atoms with Crippen LogP contribution in [-0.4, -0.2) is 6.03 Å². The van der Waals surface area contributed by atoms with Gasteiger partial charge in [-0.25, -0.2) is 4.79 Å². The Balaban J connectivity index is 2.09. The normalized spacial score (nSPS) is 11.8. The standard InChI is InChI=1S/C15H15Br2N3O/c1-9(19-14-7-4-11(16)8-13(14)17)10-2-5-12(6-3-10)20-15(18)21/h2-9,19H,1H3,(H3,18,20,21). The number of halogens is 2. The first-order chi connectivity index (χ1) is 9.95. The fourth-order valence-corrected chi connectivity index (χ4v) is 3.08. The lowest BCUT2D eigenvalue weighted by molar-refractivity contribution is 0.259. The minimum Gasteiger partial charge on any atom is -0.378 e. The van der Waals surface area contributed by atoms with Crippen molar-refractivity contribution in [2.45, 2.75) is 13.0 Å². The van der Waals surface area contributed by atoms with Crippen LogP contribution in [0.1, 0.15) is 18.5 Å². The first-order valence-corrected chi connectivity index (χ1v) is 7.92. The molecule has 0 saturated heterocycles. The van der Waals surface area contributed by atoms with E-state index < -0.39 is 6.03 Å². The van der Waals surface area contributed by atoms with Crippen molar-refractivity contribution in [3.05, 3.63) is 57.0 Å². The highest BCUT2D eigenvalue weighted by Crippen LogP contribution is 2.29. The largest absolute Gasteiger partial charge is 0.378 e. The van der Waals surface area contributed by atoms with Crippen LogP contribution in [-0.2, 0) is 0 Å². The molecule has 2 amide bonds. The van der Waals surface area contributed by atoms with E-state index >= 15 is 0 Å². The number of amides is 2. The van der Waals surface area contributed by atoms with Crippen LogP contribution in [0.5, 0.6) is 0 Å². The van der Waals surface area contributed by atoms with E-state index in [1.165, 1.54) is 0 Å². The number of urea groups is 1. The lowest BCUT2D eigenvalue weighted by atomic mass is 10.1. The minimum absolute atomic E-state index is 0.130. The molecule has 110 valence electrons. The van der Waals surface area contributed by atoms with Crippen molar-refractivity contribution in [2.75, 3.05) is 10.6 Å². The molecule has 2 aromatic rings. The summed E-state index contributed by atoms with van der Waals surface area (Å²) in [7, 11) is 0. The number of carbonyl (C=O) groups excluding carboxylic acids is 1. The Morgan fingerprint density at radius 1 is 1.14 bits per heavy atom. The number of nitrogens with two attached hydrogens (primary N) is 1. The molecule has 4 N–H and O–H groups in total. The fraction of sp³-hybridized carbons (Fsp3) is 0.133. The summed E-state index contributed by atoms with van der Waals surface area (Å²) >= 11 is 6.97. The molecule has 1 unspecified atom stereocenters. The van der Waals surface area contributed by atoms with E-state index in [4.69, 9.17) is 5.73 Å². The number of carbonyl (C=O) groups is 1. The quantitative estimate of drug-likeness (QED) is 0.670. The van der Waals surface area contributed by atoms with E-state index in [2.05, 4.69) is 49.4 Å². The summed E-state index contributed by atoms with van der Waals surface area (Å²) in [5.74, 6) is 0. The topological polar surface area (TPSA) is 67.2 Å². The van der Waals surface area contributed by atoms with Gasteiger partial charge in [-0.3, -0.25) is 0 Å². The molecule has 2 rings (SSSR count). The van der Waals surface area contributed by atoms with Crippen LogP contribution in [0.25, 0.3) is 0 Å². The third-order valence-corrected chi connectivity index (χ3v) is 4.13. The Bertz CT molecular complexity index is 644. The average molecular weight is 413 g/mol. The first kappa shape index (κ1) is 15.9. The van der Waals surface area contributed by atoms with Gasteiger partial charge in [-0.2, -0.15) is 0 Å². The molecule has 0 aliphatic heterocycles. The molecule has 0 aromatic heterocycles. The Morgan fingerprint density at radius 2 is 1.81 bits per heavy atom. The van der Waals surface area contributed by atoms with E-state index in [1.807, 2.05) is 42.5 Å². The van der Waals surface area contributed by atoms with Crippen LogP contribution in [0, 0.1) is 0 Å². The smallest absolute Gasteiger partial charge is 0.316 e. The van der Waals surface area contributed by atoms with Crippen molar-refractivity contribution >= 4 is 49.3 Å². The van der Waals surface area contributed by atoms with Crippen LogP contribution < -0.4 is 16.4 Å². The number of nitrogens with one attached hydrogen (secondary N) is 2. The van der Waals surface area contributed by atoms with Crippen molar-refractivity contribution in [1.29, 1.82) is 0 Å². The molecule has 0 bridgehead atoms. The molecule has 0 radical (unpaired) electrons. The number of anilines is 2. The number of rotatable bonds is 4. The van der Waals surface area contributed by atoms with Gasteiger partial charge in [0.05, 0.1) is 0 Å². The van der Waals surface area contributed by atoms with Crippen LogP contribution in [0.2, 0.25) is 0 Å². The van der Waals surface area contributed by atoms with Gasteiger partial charge in [-0.05, 0) is 58.7 Å². The zero-order valence-corrected chi connectivity index (χ0v) is 14.5. The minimum atomic E-state index is -0.562. The van der Waals surface area contributed by atoms with Crippen LogP contribution in [0.4, 0.5) is 16.2 Å². The van der Waals surface area contributed by atoms with E-state index in [0.29, 0.717) is 5.69 Å². The molecule has 4 nitrogen and oxygen atoms in total. The van der Waals surface area contributed by atoms with Gasteiger partial charge in [-0.1, -0.05) is 28.1 Å². The molecular weight excluding hydrogens is 398 g/mol. The molecule has 0 aliphatic rings. The van der Waals surface area contributed by atoms with Crippen LogP contribution >= 0.6 is 31.9 Å². The van der Waals surface area contributed by atoms with Crippen molar-refractivity contribution in [2.24, 2.45) is 5.73 Å². The van der Waals surface area contributed by atoms with Gasteiger partial charge in [0, 0.05) is 26.4 Å². The third-order valence-electron chi connectivity index (χ3n) is 2.98. The summed E-state index contributed by atoms with van der Waals surface area (Å²) in [4.78, 5) is 10.8. The zero-order valence-electron chi connectivity index (χ0n) is 11.4. The molecule has 0 aliphatic carbocycles. The molecule has 21 heavy (non-hydrogen) atoms. The monoisotopic (exact) mass is 411 g/mol. The van der Waals surface area contributed by atoms with Gasteiger partial charge in [0.25, 0.3) is 0 Å². The van der Waals surface area contributed by atoms with Crippen LogP contribution in [0.15, 0.2) is 51.4 Å². The SMILES string of the molecule is CC(Nc1ccc(Br)cc1Br)c1ccc(NC(N)=O)cc1. The fourth-order valence-electron chi connectivity index (χ4n) is 1.92. The van der Waals surface area contributed by atoms with Gasteiger partial charge >= 0.3 is 6.03 Å². The van der Waals surface area contributed by atoms with Gasteiger partial charge in [0.15, 0.2) is 0 Å². The number of benzene rings is 2. The van der Waals surface area contributed by atoms with E-state index in [1.54, 1.807) is 0 Å². The van der Waals surface area contributed by atoms with E-state index in [-0.39, 0.29) is 6.04 Å². The van der Waals surface area contributed by atoms with Crippen molar-refractivity contribution < 1.29 is 4.79 Å². The predicted octanol–water partition coefficient (Wildman–Crippen LogP) is 4.88. The highest BCUT2D eigenvalue weighted by molar-refractivity contribution is 9.11. The van der Waals surface area contributed by atoms with E-state index in [9.17, 15) is 4.79 Å². The summed E-state index contributed by atoms with van der Waals surface area (Å²) in [5.41, 5.74) is 7.89. The maximum atomic E-state index is 10.8. The Morgan fingerprint density at radius 3 is 2.38 bits per heavy atom. The Hall–Kier alpha value is -1.53. The second-order valence-electron chi connectivity index (χ2n) is 4.60. The summed E-state index contributed by atoms with van der Waals surface area (Å²) < 4.78 is 2.02. The average Bonchev–Trinajstić information content (AvgIpc) is 2.42. The second kappa shape index (κ2) is 6.95. The maximum absolute atomic E-state index is 10.8. The van der Waals surface area contributed by atoms with Gasteiger partial charge < -0.3 is 16.4 Å². The van der Waals surface area contributed by atoms with Crippen molar-refractivity contribution in [3.8, 4) is 0 Å². The number of hydrogen-bond acceptors (Lipinski definition) is 2. The molecule has 2 aromatic carbocycles. The summed E-state index contributed by atoms with van der Waals surface area (Å²) in [5, 5.41) is 5.98.